The molecule has 6 nitrogen and oxygen atoms in total. The lowest BCUT2D eigenvalue weighted by atomic mass is 10.1. The lowest BCUT2D eigenvalue weighted by Crippen LogP contribution is -2.51. The first-order valence-corrected chi connectivity index (χ1v) is 14.6. The summed E-state index contributed by atoms with van der Waals surface area (Å²) in [7, 11) is 0. The first-order valence-electron chi connectivity index (χ1n) is 14.6. The number of β-amino-alcohol motifs (C(OH)–C–C–N with tert-alkyl or cyclic N) is 1. The number of para-hydroxylation sites is 2. The summed E-state index contributed by atoms with van der Waals surface area (Å²) in [6.07, 6.45) is 7.06. The number of aliphatic hydroxyl groups is 1. The smallest absolute Gasteiger partial charge is 0.251 e. The van der Waals surface area contributed by atoms with Crippen LogP contribution in [0.4, 0.5) is 11.4 Å². The van der Waals surface area contributed by atoms with Crippen molar-refractivity contribution in [3.8, 4) is 0 Å². The second kappa shape index (κ2) is 13.6. The largest absolute Gasteiger partial charge is 0.395 e. The van der Waals surface area contributed by atoms with Crippen LogP contribution in [0.15, 0.2) is 78.9 Å². The van der Waals surface area contributed by atoms with Crippen LogP contribution < -0.4 is 20.4 Å². The van der Waals surface area contributed by atoms with Gasteiger partial charge in [-0.1, -0.05) is 54.6 Å². The molecule has 1 saturated heterocycles. The normalized spacial score (nSPS) is 20.2. The van der Waals surface area contributed by atoms with E-state index in [1.807, 2.05) is 36.4 Å². The van der Waals surface area contributed by atoms with Crippen LogP contribution in [0.3, 0.4) is 0 Å². The standard InChI is InChI=1S/C20H24N2O2.C13H18N2/c23-14-13-22-18(11-6-10-16-7-4-5-12-19(16)22)15-21-20(24)17-8-2-1-3-9-17;1-2-7-13-11(4-1)5-3-6-12-10-14-8-9-15(12)13/h1-5,7-9,12,18,23H,6,10-11,13-15H2,(H,21,24);1-2,4,7,12,14H,3,5-6,8-10H2. The molecular weight excluding hydrogens is 484 g/mol. The second-order valence-corrected chi connectivity index (χ2v) is 10.7. The predicted octanol–water partition coefficient (Wildman–Crippen LogP) is 4.42. The number of fused-ring (bicyclic) bond motifs is 4. The summed E-state index contributed by atoms with van der Waals surface area (Å²) in [6.45, 7) is 4.74. The Kier molecular flexibility index (Phi) is 9.52. The van der Waals surface area contributed by atoms with E-state index < -0.39 is 0 Å². The van der Waals surface area contributed by atoms with Gasteiger partial charge in [-0.2, -0.15) is 0 Å². The molecule has 3 N–H and O–H groups in total. The number of carbonyl (C=O) groups excluding carboxylic acids is 1. The molecule has 39 heavy (non-hydrogen) atoms. The number of hydrogen-bond acceptors (Lipinski definition) is 5. The molecule has 3 aromatic rings. The zero-order chi connectivity index (χ0) is 26.9. The van der Waals surface area contributed by atoms with Crippen LogP contribution in [0, 0.1) is 0 Å². The van der Waals surface area contributed by atoms with Crippen molar-refractivity contribution in [1.82, 2.24) is 10.6 Å². The van der Waals surface area contributed by atoms with Gasteiger partial charge < -0.3 is 25.5 Å². The maximum absolute atomic E-state index is 12.3. The Morgan fingerprint density at radius 2 is 1.54 bits per heavy atom. The molecule has 0 radical (unpaired) electrons. The second-order valence-electron chi connectivity index (χ2n) is 10.7. The molecule has 0 bridgehead atoms. The number of aryl methyl sites for hydroxylation is 2. The Morgan fingerprint density at radius 1 is 0.872 bits per heavy atom. The third-order valence-corrected chi connectivity index (χ3v) is 8.24. The van der Waals surface area contributed by atoms with Crippen LogP contribution in [-0.2, 0) is 12.8 Å². The quantitative estimate of drug-likeness (QED) is 0.459. The molecule has 2 unspecified atom stereocenters. The number of amides is 1. The van der Waals surface area contributed by atoms with E-state index in [0.717, 1.165) is 38.4 Å². The van der Waals surface area contributed by atoms with Gasteiger partial charge in [0.15, 0.2) is 0 Å². The zero-order valence-electron chi connectivity index (χ0n) is 22.9. The summed E-state index contributed by atoms with van der Waals surface area (Å²) < 4.78 is 0. The SMILES string of the molecule is O=C(NCC1CCCc2ccccc2N1CCO)c1ccccc1.c1ccc2c(c1)CCCC1CNCCN21. The van der Waals surface area contributed by atoms with Crippen molar-refractivity contribution in [3.63, 3.8) is 0 Å². The van der Waals surface area contributed by atoms with Crippen LogP contribution in [0.5, 0.6) is 0 Å². The minimum absolute atomic E-state index is 0.0444. The predicted molar refractivity (Wildman–Crippen MR) is 160 cm³/mol. The number of anilines is 2. The topological polar surface area (TPSA) is 67.8 Å². The zero-order valence-corrected chi connectivity index (χ0v) is 22.9. The van der Waals surface area contributed by atoms with Gasteiger partial charge in [0.2, 0.25) is 0 Å². The van der Waals surface area contributed by atoms with E-state index in [1.165, 1.54) is 42.7 Å². The Bertz CT molecular complexity index is 1200. The highest BCUT2D eigenvalue weighted by Crippen LogP contribution is 2.30. The summed E-state index contributed by atoms with van der Waals surface area (Å²) in [5.41, 5.74) is 6.22. The fourth-order valence-electron chi connectivity index (χ4n) is 6.27. The molecule has 6 rings (SSSR count). The Hall–Kier alpha value is -3.35. The van der Waals surface area contributed by atoms with Gasteiger partial charge >= 0.3 is 0 Å². The number of nitrogens with one attached hydrogen (secondary N) is 2. The molecule has 3 aliphatic rings. The van der Waals surface area contributed by atoms with Crippen LogP contribution in [0.25, 0.3) is 0 Å². The summed E-state index contributed by atoms with van der Waals surface area (Å²) in [4.78, 5) is 17.2. The first-order chi connectivity index (χ1) is 19.2. The van der Waals surface area contributed by atoms with E-state index in [-0.39, 0.29) is 18.6 Å². The third kappa shape index (κ3) is 6.81. The highest BCUT2D eigenvalue weighted by atomic mass is 16.3. The Morgan fingerprint density at radius 3 is 2.31 bits per heavy atom. The highest BCUT2D eigenvalue weighted by molar-refractivity contribution is 5.94. The lowest BCUT2D eigenvalue weighted by Gasteiger charge is -2.37. The number of hydrogen-bond donors (Lipinski definition) is 3. The van der Waals surface area contributed by atoms with Crippen molar-refractivity contribution < 1.29 is 9.90 Å². The van der Waals surface area contributed by atoms with Crippen molar-refractivity contribution in [2.24, 2.45) is 0 Å². The average Bonchev–Trinajstić information content (AvgIpc) is 3.29. The molecule has 1 amide bonds. The van der Waals surface area contributed by atoms with Gasteiger partial charge in [-0.05, 0) is 73.9 Å². The van der Waals surface area contributed by atoms with Gasteiger partial charge in [0.25, 0.3) is 5.91 Å². The molecule has 6 heteroatoms. The number of rotatable bonds is 5. The summed E-state index contributed by atoms with van der Waals surface area (Å²) in [5.74, 6) is -0.0444. The fourth-order valence-corrected chi connectivity index (χ4v) is 6.27. The van der Waals surface area contributed by atoms with Crippen LogP contribution >= 0.6 is 0 Å². The molecule has 0 aliphatic carbocycles. The molecule has 3 heterocycles. The van der Waals surface area contributed by atoms with Gasteiger partial charge in [-0.25, -0.2) is 0 Å². The first kappa shape index (κ1) is 27.2. The van der Waals surface area contributed by atoms with Crippen molar-refractivity contribution in [2.75, 3.05) is 49.1 Å². The lowest BCUT2D eigenvalue weighted by molar-refractivity contribution is 0.0950. The number of nitrogens with zero attached hydrogens (tertiary/aromatic N) is 2. The van der Waals surface area contributed by atoms with Crippen LogP contribution in [0.2, 0.25) is 0 Å². The van der Waals surface area contributed by atoms with E-state index in [2.05, 4.69) is 62.9 Å². The molecule has 0 saturated carbocycles. The van der Waals surface area contributed by atoms with Crippen LogP contribution in [-0.4, -0.2) is 62.4 Å². The van der Waals surface area contributed by atoms with Crippen molar-refractivity contribution in [1.29, 1.82) is 0 Å². The van der Waals surface area contributed by atoms with Crippen molar-refractivity contribution >= 4 is 17.3 Å². The molecule has 1 fully saturated rings. The van der Waals surface area contributed by atoms with Gasteiger partial charge in [-0.3, -0.25) is 4.79 Å². The Balaban J connectivity index is 0.000000175. The summed E-state index contributed by atoms with van der Waals surface area (Å²) in [6, 6.07) is 27.5. The average molecular weight is 527 g/mol. The molecule has 3 aliphatic heterocycles. The van der Waals surface area contributed by atoms with Crippen molar-refractivity contribution in [2.45, 2.75) is 50.6 Å². The van der Waals surface area contributed by atoms with E-state index in [4.69, 9.17) is 0 Å². The summed E-state index contributed by atoms with van der Waals surface area (Å²) >= 11 is 0. The van der Waals surface area contributed by atoms with Gasteiger partial charge in [0.05, 0.1) is 6.61 Å². The monoisotopic (exact) mass is 526 g/mol. The molecule has 2 atom stereocenters. The summed E-state index contributed by atoms with van der Waals surface area (Å²) in [5, 5.41) is 16.0. The third-order valence-electron chi connectivity index (χ3n) is 8.24. The number of aliphatic hydroxyl groups excluding tert-OH is 1. The molecule has 3 aromatic carbocycles. The number of piperazine rings is 1. The Labute approximate surface area is 233 Å². The molecular formula is C33H42N4O2. The number of benzene rings is 3. The van der Waals surface area contributed by atoms with Gasteiger partial charge in [0, 0.05) is 61.7 Å². The fraction of sp³-hybridized carbons (Fsp3) is 0.424. The van der Waals surface area contributed by atoms with E-state index in [0.29, 0.717) is 18.7 Å². The van der Waals surface area contributed by atoms with E-state index in [9.17, 15) is 9.90 Å². The number of carbonyl (C=O) groups is 1. The minimum Gasteiger partial charge on any atom is -0.395 e. The van der Waals surface area contributed by atoms with E-state index >= 15 is 0 Å². The minimum atomic E-state index is -0.0444. The van der Waals surface area contributed by atoms with E-state index in [1.54, 1.807) is 5.56 Å². The van der Waals surface area contributed by atoms with Gasteiger partial charge in [-0.15, -0.1) is 0 Å². The van der Waals surface area contributed by atoms with Crippen LogP contribution in [0.1, 0.15) is 47.2 Å². The molecule has 206 valence electrons. The maximum Gasteiger partial charge on any atom is 0.251 e. The maximum atomic E-state index is 12.3. The van der Waals surface area contributed by atoms with Gasteiger partial charge in [0.1, 0.15) is 0 Å². The highest BCUT2D eigenvalue weighted by Gasteiger charge is 2.26. The molecule has 0 spiro atoms. The molecule has 0 aromatic heterocycles. The van der Waals surface area contributed by atoms with Crippen molar-refractivity contribution in [3.05, 3.63) is 95.6 Å².